The Kier molecular flexibility index (Phi) is 7.72. The predicted octanol–water partition coefficient (Wildman–Crippen LogP) is 6.21. The Morgan fingerprint density at radius 1 is 1.05 bits per heavy atom. The Hall–Kier alpha value is -4.04. The van der Waals surface area contributed by atoms with Crippen LogP contribution >= 0.6 is 22.6 Å². The number of aromatic nitrogens is 1. The Balaban J connectivity index is 1.61. The molecule has 1 aromatic heterocycles. The second-order valence-electron chi connectivity index (χ2n) is 9.81. The van der Waals surface area contributed by atoms with E-state index in [2.05, 4.69) is 33.6 Å². The van der Waals surface area contributed by atoms with Crippen molar-refractivity contribution in [2.75, 3.05) is 6.61 Å². The molecular formula is C31H27IN2O6. The summed E-state index contributed by atoms with van der Waals surface area (Å²) in [6.07, 6.45) is 1.81. The van der Waals surface area contributed by atoms with Gasteiger partial charge in [-0.05, 0) is 64.9 Å². The number of aromatic amines is 1. The van der Waals surface area contributed by atoms with Crippen LogP contribution in [0, 0.1) is 20.8 Å². The molecule has 5 rings (SSSR count). The van der Waals surface area contributed by atoms with Crippen LogP contribution in [-0.4, -0.2) is 29.3 Å². The van der Waals surface area contributed by atoms with E-state index in [0.29, 0.717) is 29.2 Å². The van der Waals surface area contributed by atoms with Crippen LogP contribution < -0.4 is 9.47 Å². The molecule has 1 aliphatic rings. The number of benzene rings is 3. The minimum absolute atomic E-state index is 0.168. The number of para-hydroxylation sites is 1. The van der Waals surface area contributed by atoms with Crippen molar-refractivity contribution < 1.29 is 28.5 Å². The number of carbonyl (C=O) groups excluding carboxylic acids is 2. The molecule has 1 aliphatic heterocycles. The van der Waals surface area contributed by atoms with Gasteiger partial charge in [0, 0.05) is 42.4 Å². The largest absolute Gasteiger partial charge is 0.490 e. The molecule has 0 amide bonds. The average Bonchev–Trinajstić information content (AvgIpc) is 3.33. The molecule has 0 unspecified atom stereocenters. The number of nitrogens with one attached hydrogen (secondary N) is 1. The highest BCUT2D eigenvalue weighted by atomic mass is 127. The summed E-state index contributed by atoms with van der Waals surface area (Å²) in [6, 6.07) is 20.8. The first-order chi connectivity index (χ1) is 19.2. The van der Waals surface area contributed by atoms with Gasteiger partial charge in [-0.15, -0.1) is 0 Å². The van der Waals surface area contributed by atoms with Crippen molar-refractivity contribution in [3.05, 3.63) is 92.7 Å². The highest BCUT2D eigenvalue weighted by molar-refractivity contribution is 14.1. The predicted molar refractivity (Wildman–Crippen MR) is 156 cm³/mol. The van der Waals surface area contributed by atoms with Crippen molar-refractivity contribution in [1.82, 2.24) is 4.98 Å². The number of H-pyrrole nitrogens is 1. The molecule has 1 N–H and O–H groups in total. The molecule has 0 radical (unpaired) electrons. The van der Waals surface area contributed by atoms with Crippen LogP contribution in [0.1, 0.15) is 48.9 Å². The van der Waals surface area contributed by atoms with Crippen LogP contribution in [0.3, 0.4) is 0 Å². The molecule has 9 heteroatoms. The molecule has 2 heterocycles. The minimum atomic E-state index is -1.35. The van der Waals surface area contributed by atoms with Crippen molar-refractivity contribution in [2.24, 2.45) is 5.92 Å². The highest BCUT2D eigenvalue weighted by Crippen LogP contribution is 2.44. The third-order valence-electron chi connectivity index (χ3n) is 6.69. The van der Waals surface area contributed by atoms with Crippen molar-refractivity contribution >= 4 is 45.4 Å². The summed E-state index contributed by atoms with van der Waals surface area (Å²) < 4.78 is 24.0. The van der Waals surface area contributed by atoms with Crippen molar-refractivity contribution in [1.29, 1.82) is 5.26 Å². The summed E-state index contributed by atoms with van der Waals surface area (Å²) in [5, 5.41) is 10.3. The van der Waals surface area contributed by atoms with E-state index in [4.69, 9.17) is 18.9 Å². The summed E-state index contributed by atoms with van der Waals surface area (Å²) >= 11 is 2.16. The van der Waals surface area contributed by atoms with Crippen molar-refractivity contribution in [3.8, 4) is 17.6 Å². The lowest BCUT2D eigenvalue weighted by Crippen LogP contribution is -2.48. The molecule has 0 bridgehead atoms. The van der Waals surface area contributed by atoms with E-state index < -0.39 is 29.6 Å². The quantitative estimate of drug-likeness (QED) is 0.137. The maximum absolute atomic E-state index is 13.3. The lowest BCUT2D eigenvalue weighted by atomic mass is 9.80. The number of fused-ring (bicyclic) bond motifs is 1. The van der Waals surface area contributed by atoms with E-state index in [1.807, 2.05) is 55.6 Å². The van der Waals surface area contributed by atoms with Gasteiger partial charge in [0.1, 0.15) is 6.61 Å². The smallest absolute Gasteiger partial charge is 0.324 e. The lowest BCUT2D eigenvalue weighted by Gasteiger charge is -2.36. The maximum atomic E-state index is 13.3. The molecule has 4 aromatic rings. The van der Waals surface area contributed by atoms with Gasteiger partial charge in [-0.3, -0.25) is 9.59 Å². The average molecular weight is 650 g/mol. The van der Waals surface area contributed by atoms with Gasteiger partial charge in [0.15, 0.2) is 17.4 Å². The summed E-state index contributed by atoms with van der Waals surface area (Å²) in [6.45, 7) is 5.47. The number of hydrogen-bond acceptors (Lipinski definition) is 7. The number of nitrogens with zero attached hydrogens (tertiary/aromatic N) is 1. The van der Waals surface area contributed by atoms with Crippen LogP contribution in [-0.2, 0) is 25.7 Å². The van der Waals surface area contributed by atoms with E-state index in [1.165, 1.54) is 13.8 Å². The highest BCUT2D eigenvalue weighted by Gasteiger charge is 2.49. The second kappa shape index (κ2) is 11.2. The number of esters is 2. The Bertz CT molecular complexity index is 1620. The normalized spacial score (nSPS) is 15.7. The molecule has 1 saturated heterocycles. The SMILES string of the molecule is CCOc1cc([C@@H](c2c[nH]c3ccccc23)C2C(=O)OC(C)(C)OC2=O)cc(I)c1OCc1ccccc1C#N. The van der Waals surface area contributed by atoms with E-state index in [1.54, 1.807) is 18.2 Å². The molecular weight excluding hydrogens is 623 g/mol. The van der Waals surface area contributed by atoms with E-state index in [0.717, 1.165) is 25.6 Å². The molecule has 0 saturated carbocycles. The van der Waals surface area contributed by atoms with Crippen molar-refractivity contribution in [2.45, 2.75) is 39.1 Å². The van der Waals surface area contributed by atoms with Gasteiger partial charge in [0.2, 0.25) is 0 Å². The van der Waals surface area contributed by atoms with Gasteiger partial charge in [-0.2, -0.15) is 5.26 Å². The Labute approximate surface area is 245 Å². The zero-order valence-corrected chi connectivity index (χ0v) is 24.4. The fraction of sp³-hybridized carbons (Fsp3) is 0.258. The van der Waals surface area contributed by atoms with E-state index in [-0.39, 0.29) is 6.61 Å². The summed E-state index contributed by atoms with van der Waals surface area (Å²) in [5.74, 6) is -3.65. The topological polar surface area (TPSA) is 111 Å². The molecule has 1 atom stereocenters. The van der Waals surface area contributed by atoms with Gasteiger partial charge in [-0.1, -0.05) is 36.4 Å². The van der Waals surface area contributed by atoms with Gasteiger partial charge in [0.05, 0.1) is 21.8 Å². The van der Waals surface area contributed by atoms with Crippen LogP contribution in [0.25, 0.3) is 10.9 Å². The molecule has 40 heavy (non-hydrogen) atoms. The third-order valence-corrected chi connectivity index (χ3v) is 7.49. The number of halogens is 1. The van der Waals surface area contributed by atoms with Gasteiger partial charge in [-0.25, -0.2) is 0 Å². The fourth-order valence-corrected chi connectivity index (χ4v) is 5.76. The second-order valence-corrected chi connectivity index (χ2v) is 11.0. The number of carbonyl (C=O) groups is 2. The van der Waals surface area contributed by atoms with Crippen LogP contribution in [0.2, 0.25) is 0 Å². The zero-order valence-electron chi connectivity index (χ0n) is 22.2. The van der Waals surface area contributed by atoms with Gasteiger partial charge in [0.25, 0.3) is 5.79 Å². The number of cyclic esters (lactones) is 2. The van der Waals surface area contributed by atoms with E-state index in [9.17, 15) is 14.9 Å². The van der Waals surface area contributed by atoms with Gasteiger partial charge >= 0.3 is 11.9 Å². The molecule has 0 aliphatic carbocycles. The van der Waals surface area contributed by atoms with Crippen LogP contribution in [0.4, 0.5) is 0 Å². The number of nitriles is 1. The molecule has 3 aromatic carbocycles. The third kappa shape index (κ3) is 5.36. The van der Waals surface area contributed by atoms with Crippen LogP contribution in [0.15, 0.2) is 66.9 Å². The first kappa shape index (κ1) is 27.5. The monoisotopic (exact) mass is 650 g/mol. The minimum Gasteiger partial charge on any atom is -0.490 e. The Morgan fingerprint density at radius 3 is 2.48 bits per heavy atom. The Morgan fingerprint density at radius 2 is 1.75 bits per heavy atom. The summed E-state index contributed by atoms with van der Waals surface area (Å²) in [5.41, 5.74) is 3.57. The molecule has 204 valence electrons. The zero-order chi connectivity index (χ0) is 28.4. The molecule has 8 nitrogen and oxygen atoms in total. The number of ether oxygens (including phenoxy) is 4. The van der Waals surface area contributed by atoms with Crippen LogP contribution in [0.5, 0.6) is 11.5 Å². The van der Waals surface area contributed by atoms with Gasteiger partial charge < -0.3 is 23.9 Å². The van der Waals surface area contributed by atoms with E-state index >= 15 is 0 Å². The lowest BCUT2D eigenvalue weighted by molar-refractivity contribution is -0.240. The summed E-state index contributed by atoms with van der Waals surface area (Å²) in [4.78, 5) is 29.9. The number of hydrogen-bond donors (Lipinski definition) is 1. The molecule has 0 spiro atoms. The first-order valence-corrected chi connectivity index (χ1v) is 13.9. The number of rotatable bonds is 8. The fourth-order valence-electron chi connectivity index (χ4n) is 4.98. The standard InChI is InChI=1S/C31H27IN2O6/c1-4-37-25-14-20(13-23(32)28(25)38-17-19-10-6-5-9-18(19)15-33)26(22-16-34-24-12-8-7-11-21(22)24)27-29(35)39-31(2,3)40-30(27)36/h5-14,16,26-27,34H,4,17H2,1-3H3/t26-/m0/s1. The maximum Gasteiger partial charge on any atom is 0.324 e. The summed E-state index contributed by atoms with van der Waals surface area (Å²) in [7, 11) is 0. The molecule has 1 fully saturated rings. The van der Waals surface area contributed by atoms with Crippen molar-refractivity contribution in [3.63, 3.8) is 0 Å². The first-order valence-electron chi connectivity index (χ1n) is 12.8.